The fourth-order valence-electron chi connectivity index (χ4n) is 0.647. The molecule has 0 aromatic rings. The molecule has 0 fully saturated rings. The summed E-state index contributed by atoms with van der Waals surface area (Å²) in [5.41, 5.74) is 0. The van der Waals surface area contributed by atoms with Crippen LogP contribution in [0.2, 0.25) is 0 Å². The van der Waals surface area contributed by atoms with Crippen molar-refractivity contribution in [1.82, 2.24) is 0 Å². The normalized spacial score (nSPS) is 17.3. The number of rotatable bonds is 4. The standard InChI is InChI=1S/C7H16OS/c1-3-6(8)5-7(9)4-2/h6-9H,3-5H2,1-2H3. The molecule has 0 spiro atoms. The van der Waals surface area contributed by atoms with Crippen LogP contribution in [-0.4, -0.2) is 16.5 Å². The number of hydrogen-bond acceptors (Lipinski definition) is 2. The van der Waals surface area contributed by atoms with Crippen molar-refractivity contribution in [3.05, 3.63) is 0 Å². The Balaban J connectivity index is 3.22. The van der Waals surface area contributed by atoms with E-state index in [0.29, 0.717) is 5.25 Å². The summed E-state index contributed by atoms with van der Waals surface area (Å²) in [6, 6.07) is 0. The molecule has 0 amide bonds. The Bertz CT molecular complexity index is 57.9. The SMILES string of the molecule is CCC(O)CC(S)CC. The molecule has 2 atom stereocenters. The number of aliphatic hydroxyl groups is 1. The molecule has 1 nitrogen and oxygen atoms in total. The lowest BCUT2D eigenvalue weighted by Crippen LogP contribution is -2.11. The van der Waals surface area contributed by atoms with Gasteiger partial charge in [0.15, 0.2) is 0 Å². The van der Waals surface area contributed by atoms with Crippen LogP contribution < -0.4 is 0 Å². The van der Waals surface area contributed by atoms with E-state index in [-0.39, 0.29) is 6.10 Å². The maximum atomic E-state index is 9.11. The van der Waals surface area contributed by atoms with Crippen LogP contribution in [0.1, 0.15) is 33.1 Å². The average molecular weight is 148 g/mol. The molecule has 0 bridgehead atoms. The molecule has 1 N–H and O–H groups in total. The van der Waals surface area contributed by atoms with Gasteiger partial charge < -0.3 is 5.11 Å². The summed E-state index contributed by atoms with van der Waals surface area (Å²) in [7, 11) is 0. The van der Waals surface area contributed by atoms with Crippen molar-refractivity contribution in [2.45, 2.75) is 44.5 Å². The van der Waals surface area contributed by atoms with Gasteiger partial charge in [-0.15, -0.1) is 0 Å². The molecule has 0 rings (SSSR count). The van der Waals surface area contributed by atoms with Gasteiger partial charge in [0.1, 0.15) is 0 Å². The maximum Gasteiger partial charge on any atom is 0.0548 e. The zero-order valence-electron chi connectivity index (χ0n) is 6.17. The van der Waals surface area contributed by atoms with Gasteiger partial charge in [0, 0.05) is 5.25 Å². The predicted octanol–water partition coefficient (Wildman–Crippen LogP) is 1.86. The minimum atomic E-state index is -0.146. The Kier molecular flexibility index (Phi) is 5.30. The smallest absolute Gasteiger partial charge is 0.0548 e. The molecular weight excluding hydrogens is 132 g/mol. The molecule has 2 heteroatoms. The van der Waals surface area contributed by atoms with Gasteiger partial charge in [-0.3, -0.25) is 0 Å². The molecule has 0 radical (unpaired) electrons. The third-order valence-corrected chi connectivity index (χ3v) is 2.06. The quantitative estimate of drug-likeness (QED) is 0.583. The molecule has 0 aromatic carbocycles. The molecule has 0 aliphatic rings. The lowest BCUT2D eigenvalue weighted by molar-refractivity contribution is 0.159. The minimum Gasteiger partial charge on any atom is -0.393 e. The molecule has 0 aromatic heterocycles. The molecule has 0 saturated carbocycles. The second kappa shape index (κ2) is 5.12. The molecule has 0 aliphatic heterocycles. The Morgan fingerprint density at radius 3 is 2.22 bits per heavy atom. The predicted molar refractivity (Wildman–Crippen MR) is 44.0 cm³/mol. The van der Waals surface area contributed by atoms with Crippen LogP contribution >= 0.6 is 12.6 Å². The van der Waals surface area contributed by atoms with E-state index >= 15 is 0 Å². The lowest BCUT2D eigenvalue weighted by Gasteiger charge is -2.11. The van der Waals surface area contributed by atoms with Gasteiger partial charge in [0.05, 0.1) is 6.10 Å². The van der Waals surface area contributed by atoms with Crippen LogP contribution in [0.3, 0.4) is 0 Å². The highest BCUT2D eigenvalue weighted by molar-refractivity contribution is 7.80. The first-order chi connectivity index (χ1) is 4.20. The van der Waals surface area contributed by atoms with Gasteiger partial charge in [-0.25, -0.2) is 0 Å². The second-order valence-corrected chi connectivity index (χ2v) is 3.09. The summed E-state index contributed by atoms with van der Waals surface area (Å²) in [5.74, 6) is 0. The number of thiol groups is 1. The summed E-state index contributed by atoms with van der Waals surface area (Å²) >= 11 is 4.26. The fourth-order valence-corrected chi connectivity index (χ4v) is 0.891. The Morgan fingerprint density at radius 1 is 1.33 bits per heavy atom. The van der Waals surface area contributed by atoms with E-state index in [1.165, 1.54) is 0 Å². The second-order valence-electron chi connectivity index (χ2n) is 2.36. The zero-order chi connectivity index (χ0) is 7.28. The van der Waals surface area contributed by atoms with Gasteiger partial charge >= 0.3 is 0 Å². The summed E-state index contributed by atoms with van der Waals surface area (Å²) in [5, 5.41) is 9.49. The Labute approximate surface area is 62.9 Å². The van der Waals surface area contributed by atoms with Crippen molar-refractivity contribution in [2.75, 3.05) is 0 Å². The van der Waals surface area contributed by atoms with E-state index < -0.39 is 0 Å². The average Bonchev–Trinajstić information content (AvgIpc) is 1.87. The number of aliphatic hydroxyl groups excluding tert-OH is 1. The molecule has 56 valence electrons. The van der Waals surface area contributed by atoms with Crippen molar-refractivity contribution < 1.29 is 5.11 Å². The van der Waals surface area contributed by atoms with Gasteiger partial charge in [-0.05, 0) is 19.3 Å². The van der Waals surface area contributed by atoms with E-state index in [1.54, 1.807) is 0 Å². The van der Waals surface area contributed by atoms with Crippen molar-refractivity contribution >= 4 is 12.6 Å². The monoisotopic (exact) mass is 148 g/mol. The van der Waals surface area contributed by atoms with Crippen LogP contribution in [0.25, 0.3) is 0 Å². The molecular formula is C7H16OS. The van der Waals surface area contributed by atoms with E-state index in [0.717, 1.165) is 19.3 Å². The highest BCUT2D eigenvalue weighted by Crippen LogP contribution is 2.10. The third kappa shape index (κ3) is 4.79. The summed E-state index contributed by atoms with van der Waals surface area (Å²) in [6.45, 7) is 4.07. The van der Waals surface area contributed by atoms with Crippen molar-refractivity contribution in [3.8, 4) is 0 Å². The van der Waals surface area contributed by atoms with Crippen molar-refractivity contribution in [3.63, 3.8) is 0 Å². The molecule has 0 aliphatic carbocycles. The third-order valence-electron chi connectivity index (χ3n) is 1.49. The van der Waals surface area contributed by atoms with Crippen molar-refractivity contribution in [1.29, 1.82) is 0 Å². The topological polar surface area (TPSA) is 20.2 Å². The van der Waals surface area contributed by atoms with E-state index in [4.69, 9.17) is 5.11 Å². The molecule has 9 heavy (non-hydrogen) atoms. The van der Waals surface area contributed by atoms with Gasteiger partial charge in [-0.2, -0.15) is 12.6 Å². The van der Waals surface area contributed by atoms with Crippen LogP contribution in [0, 0.1) is 0 Å². The molecule has 2 unspecified atom stereocenters. The maximum absolute atomic E-state index is 9.11. The Hall–Kier alpha value is 0.310. The van der Waals surface area contributed by atoms with Crippen LogP contribution in [0.15, 0.2) is 0 Å². The molecule has 0 heterocycles. The molecule has 0 saturated heterocycles. The highest BCUT2D eigenvalue weighted by Gasteiger charge is 2.05. The summed E-state index contributed by atoms with van der Waals surface area (Å²) in [4.78, 5) is 0. The largest absolute Gasteiger partial charge is 0.393 e. The lowest BCUT2D eigenvalue weighted by atomic mass is 10.1. The first-order valence-electron chi connectivity index (χ1n) is 3.56. The van der Waals surface area contributed by atoms with Gasteiger partial charge in [0.2, 0.25) is 0 Å². The first-order valence-corrected chi connectivity index (χ1v) is 4.08. The van der Waals surface area contributed by atoms with Gasteiger partial charge in [-0.1, -0.05) is 13.8 Å². The number of hydrogen-bond donors (Lipinski definition) is 2. The van der Waals surface area contributed by atoms with Crippen LogP contribution in [0.4, 0.5) is 0 Å². The van der Waals surface area contributed by atoms with E-state index in [2.05, 4.69) is 19.6 Å². The van der Waals surface area contributed by atoms with Crippen LogP contribution in [-0.2, 0) is 0 Å². The zero-order valence-corrected chi connectivity index (χ0v) is 7.06. The summed E-state index contributed by atoms with van der Waals surface area (Å²) in [6.07, 6.45) is 2.57. The first kappa shape index (κ1) is 9.31. The van der Waals surface area contributed by atoms with Crippen LogP contribution in [0.5, 0.6) is 0 Å². The van der Waals surface area contributed by atoms with E-state index in [1.807, 2.05) is 6.92 Å². The van der Waals surface area contributed by atoms with Gasteiger partial charge in [0.25, 0.3) is 0 Å². The fraction of sp³-hybridized carbons (Fsp3) is 1.00. The summed E-state index contributed by atoms with van der Waals surface area (Å²) < 4.78 is 0. The Morgan fingerprint density at radius 2 is 1.89 bits per heavy atom. The minimum absolute atomic E-state index is 0.146. The van der Waals surface area contributed by atoms with E-state index in [9.17, 15) is 0 Å². The van der Waals surface area contributed by atoms with Crippen molar-refractivity contribution in [2.24, 2.45) is 0 Å². The highest BCUT2D eigenvalue weighted by atomic mass is 32.1.